The third-order valence-corrected chi connectivity index (χ3v) is 2.62. The predicted molar refractivity (Wildman–Crippen MR) is 51.0 cm³/mol. The number of carboxylic acids is 1. The molecule has 0 aliphatic carbocycles. The van der Waals surface area contributed by atoms with Crippen molar-refractivity contribution in [1.82, 2.24) is 4.90 Å². The molecule has 1 aliphatic rings. The van der Waals surface area contributed by atoms with Gasteiger partial charge in [-0.05, 0) is 6.92 Å². The average Bonchev–Trinajstić information content (AvgIpc) is 2.43. The van der Waals surface area contributed by atoms with E-state index in [2.05, 4.69) is 0 Å². The largest absolute Gasteiger partial charge is 0.478 e. The van der Waals surface area contributed by atoms with E-state index < -0.39 is 5.97 Å². The maximum absolute atomic E-state index is 11.1. The minimum atomic E-state index is -1.04. The van der Waals surface area contributed by atoms with E-state index in [4.69, 9.17) is 5.11 Å². The third-order valence-electron chi connectivity index (χ3n) is 1.76. The van der Waals surface area contributed by atoms with E-state index in [0.717, 1.165) is 16.7 Å². The second kappa shape index (κ2) is 4.28. The Morgan fingerprint density at radius 1 is 1.64 bits per heavy atom. The lowest BCUT2D eigenvalue weighted by molar-refractivity contribution is -0.132. The normalized spacial score (nSPS) is 17.8. The molecule has 0 atom stereocenters. The van der Waals surface area contributed by atoms with Crippen LogP contribution >= 0.6 is 11.8 Å². The lowest BCUT2D eigenvalue weighted by Gasteiger charge is -2.09. The molecule has 14 heavy (non-hydrogen) atoms. The first-order valence-electron chi connectivity index (χ1n) is 3.89. The third kappa shape index (κ3) is 2.35. The molecular formula is C8H9NO4S. The van der Waals surface area contributed by atoms with Crippen LogP contribution in [0.4, 0.5) is 4.79 Å². The molecule has 1 fully saturated rings. The molecule has 0 radical (unpaired) electrons. The molecule has 1 saturated heterocycles. The molecule has 1 aliphatic heterocycles. The number of aliphatic carboxylic acids is 1. The van der Waals surface area contributed by atoms with Gasteiger partial charge in [-0.3, -0.25) is 14.5 Å². The first-order chi connectivity index (χ1) is 6.52. The summed E-state index contributed by atoms with van der Waals surface area (Å²) in [6.07, 6.45) is 1.35. The van der Waals surface area contributed by atoms with Gasteiger partial charge in [0.15, 0.2) is 0 Å². The number of rotatable bonds is 3. The van der Waals surface area contributed by atoms with Crippen LogP contribution in [-0.2, 0) is 9.59 Å². The van der Waals surface area contributed by atoms with E-state index in [0.29, 0.717) is 0 Å². The number of hydrogen-bond acceptors (Lipinski definition) is 4. The van der Waals surface area contributed by atoms with Gasteiger partial charge in [-0.1, -0.05) is 17.8 Å². The van der Waals surface area contributed by atoms with Gasteiger partial charge in [-0.15, -0.1) is 0 Å². The summed E-state index contributed by atoms with van der Waals surface area (Å²) in [5.41, 5.74) is 0.127. The average molecular weight is 215 g/mol. The summed E-state index contributed by atoms with van der Waals surface area (Å²) in [5, 5.41) is 8.21. The van der Waals surface area contributed by atoms with Gasteiger partial charge >= 0.3 is 5.97 Å². The Kier molecular flexibility index (Phi) is 3.29. The number of hydrogen-bond donors (Lipinski definition) is 1. The van der Waals surface area contributed by atoms with Crippen molar-refractivity contribution < 1.29 is 19.5 Å². The first kappa shape index (κ1) is 10.8. The number of carbonyl (C=O) groups is 3. The predicted octanol–water partition coefficient (Wildman–Crippen LogP) is 0.713. The minimum Gasteiger partial charge on any atom is -0.478 e. The molecule has 1 rings (SSSR count). The van der Waals surface area contributed by atoms with Gasteiger partial charge in [0.2, 0.25) is 5.91 Å². The fraction of sp³-hybridized carbons (Fsp3) is 0.375. The lowest BCUT2D eigenvalue weighted by atomic mass is 10.3. The maximum atomic E-state index is 11.1. The molecule has 1 heterocycles. The summed E-state index contributed by atoms with van der Waals surface area (Å²) in [4.78, 5) is 33.6. The Morgan fingerprint density at radius 3 is 2.71 bits per heavy atom. The number of amides is 2. The Balaban J connectivity index is 2.61. The molecule has 0 bridgehead atoms. The fourth-order valence-electron chi connectivity index (χ4n) is 0.873. The highest BCUT2D eigenvalue weighted by Crippen LogP contribution is 2.18. The number of carbonyl (C=O) groups excluding carboxylic acids is 2. The van der Waals surface area contributed by atoms with E-state index in [9.17, 15) is 14.4 Å². The fourth-order valence-corrected chi connectivity index (χ4v) is 1.61. The summed E-state index contributed by atoms with van der Waals surface area (Å²) in [6, 6.07) is 0. The first-order valence-corrected chi connectivity index (χ1v) is 4.88. The van der Waals surface area contributed by atoms with Crippen molar-refractivity contribution in [2.75, 3.05) is 12.3 Å². The monoisotopic (exact) mass is 215 g/mol. The van der Waals surface area contributed by atoms with Crippen molar-refractivity contribution in [3.8, 4) is 0 Å². The van der Waals surface area contributed by atoms with E-state index >= 15 is 0 Å². The summed E-state index contributed by atoms with van der Waals surface area (Å²) in [6.45, 7) is 1.46. The van der Waals surface area contributed by atoms with Gasteiger partial charge in [0.1, 0.15) is 0 Å². The van der Waals surface area contributed by atoms with Gasteiger partial charge in [0, 0.05) is 12.1 Å². The number of imide groups is 1. The van der Waals surface area contributed by atoms with E-state index in [-0.39, 0.29) is 29.0 Å². The summed E-state index contributed by atoms with van der Waals surface area (Å²) >= 11 is 0.934. The van der Waals surface area contributed by atoms with Crippen molar-refractivity contribution in [1.29, 1.82) is 0 Å². The van der Waals surface area contributed by atoms with Gasteiger partial charge in [-0.2, -0.15) is 0 Å². The number of carboxylic acid groups (broad SMARTS) is 1. The molecular weight excluding hydrogens is 206 g/mol. The van der Waals surface area contributed by atoms with E-state index in [1.807, 2.05) is 0 Å². The molecule has 5 nitrogen and oxygen atoms in total. The summed E-state index contributed by atoms with van der Waals surface area (Å²) in [7, 11) is 0. The molecule has 0 spiro atoms. The van der Waals surface area contributed by atoms with Gasteiger partial charge < -0.3 is 5.11 Å². The maximum Gasteiger partial charge on any atom is 0.331 e. The van der Waals surface area contributed by atoms with Crippen molar-refractivity contribution >= 4 is 28.9 Å². The summed E-state index contributed by atoms with van der Waals surface area (Å²) in [5.74, 6) is -1.16. The Labute approximate surface area is 84.8 Å². The van der Waals surface area contributed by atoms with Gasteiger partial charge in [0.05, 0.1) is 5.75 Å². The van der Waals surface area contributed by atoms with Crippen molar-refractivity contribution in [2.24, 2.45) is 0 Å². The van der Waals surface area contributed by atoms with Crippen molar-refractivity contribution in [3.63, 3.8) is 0 Å². The second-order valence-electron chi connectivity index (χ2n) is 2.75. The van der Waals surface area contributed by atoms with Crippen LogP contribution < -0.4 is 0 Å². The number of nitrogens with zero attached hydrogens (tertiary/aromatic N) is 1. The molecule has 0 aromatic rings. The molecule has 0 unspecified atom stereocenters. The number of thioether (sulfide) groups is 1. The van der Waals surface area contributed by atoms with Crippen LogP contribution in [0.1, 0.15) is 6.92 Å². The topological polar surface area (TPSA) is 74.7 Å². The highest BCUT2D eigenvalue weighted by molar-refractivity contribution is 8.14. The quantitative estimate of drug-likeness (QED) is 0.702. The lowest BCUT2D eigenvalue weighted by Crippen LogP contribution is -2.28. The Morgan fingerprint density at radius 2 is 2.29 bits per heavy atom. The smallest absolute Gasteiger partial charge is 0.331 e. The van der Waals surface area contributed by atoms with Crippen LogP contribution in [0.15, 0.2) is 11.6 Å². The van der Waals surface area contributed by atoms with Gasteiger partial charge in [-0.25, -0.2) is 4.79 Å². The zero-order valence-electron chi connectivity index (χ0n) is 7.52. The molecule has 0 aromatic heterocycles. The second-order valence-corrected chi connectivity index (χ2v) is 3.68. The van der Waals surface area contributed by atoms with Crippen molar-refractivity contribution in [2.45, 2.75) is 6.92 Å². The molecule has 76 valence electrons. The van der Waals surface area contributed by atoms with Crippen molar-refractivity contribution in [3.05, 3.63) is 11.6 Å². The molecule has 0 aromatic carbocycles. The van der Waals surface area contributed by atoms with Crippen LogP contribution in [-0.4, -0.2) is 39.4 Å². The van der Waals surface area contributed by atoms with E-state index in [1.165, 1.54) is 13.0 Å². The molecule has 0 saturated carbocycles. The van der Waals surface area contributed by atoms with Crippen LogP contribution in [0.5, 0.6) is 0 Å². The summed E-state index contributed by atoms with van der Waals surface area (Å²) < 4.78 is 0. The van der Waals surface area contributed by atoms with Crippen LogP contribution in [0, 0.1) is 0 Å². The van der Waals surface area contributed by atoms with Crippen LogP contribution in [0.25, 0.3) is 0 Å². The minimum absolute atomic E-state index is 0.0444. The molecule has 1 N–H and O–H groups in total. The highest BCUT2D eigenvalue weighted by atomic mass is 32.2. The highest BCUT2D eigenvalue weighted by Gasteiger charge is 2.28. The standard InChI is InChI=1S/C8H9NO4S/c1-5(7(11)12)2-3-9-6(10)4-14-8(9)13/h2H,3-4H2,1H3,(H,11,12). The van der Waals surface area contributed by atoms with Crippen LogP contribution in [0.2, 0.25) is 0 Å². The zero-order valence-corrected chi connectivity index (χ0v) is 8.34. The van der Waals surface area contributed by atoms with Gasteiger partial charge in [0.25, 0.3) is 5.24 Å². The zero-order chi connectivity index (χ0) is 10.7. The van der Waals surface area contributed by atoms with Crippen LogP contribution in [0.3, 0.4) is 0 Å². The molecule has 2 amide bonds. The SMILES string of the molecule is CC(=CCN1C(=O)CSC1=O)C(=O)O. The Hall–Kier alpha value is -1.30. The van der Waals surface area contributed by atoms with E-state index in [1.54, 1.807) is 0 Å². The Bertz CT molecular complexity index is 307. The molecule has 6 heteroatoms.